The number of hydrogen-bond acceptors (Lipinski definition) is 2. The van der Waals surface area contributed by atoms with Gasteiger partial charge in [0, 0.05) is 20.0 Å². The molecule has 1 N–H and O–H groups in total. The second kappa shape index (κ2) is 7.25. The summed E-state index contributed by atoms with van der Waals surface area (Å²) < 4.78 is 0. The predicted molar refractivity (Wildman–Crippen MR) is 83.0 cm³/mol. The average molecular weight is 291 g/mol. The van der Waals surface area contributed by atoms with Crippen molar-refractivity contribution in [2.24, 2.45) is 11.3 Å². The van der Waals surface area contributed by atoms with E-state index >= 15 is 0 Å². The highest BCUT2D eigenvalue weighted by Crippen LogP contribution is 2.31. The van der Waals surface area contributed by atoms with Crippen molar-refractivity contribution >= 4 is 11.9 Å². The predicted octanol–water partition coefficient (Wildman–Crippen LogP) is 2.82. The summed E-state index contributed by atoms with van der Waals surface area (Å²) in [5.41, 5.74) is 0.153. The molecule has 1 rings (SSSR count). The number of aliphatic carboxylic acids is 1. The number of carboxylic acids is 1. The molecule has 1 atom stereocenters. The first-order chi connectivity index (χ1) is 9.77. The molecule has 0 fully saturated rings. The number of amides is 1. The summed E-state index contributed by atoms with van der Waals surface area (Å²) in [7, 11) is 1.73. The monoisotopic (exact) mass is 291 g/mol. The van der Waals surface area contributed by atoms with Crippen LogP contribution in [-0.4, -0.2) is 35.5 Å². The number of carbonyl (C=O) groups is 2. The molecular formula is C17H25NO3. The van der Waals surface area contributed by atoms with Crippen LogP contribution in [0.4, 0.5) is 0 Å². The number of benzene rings is 1. The molecule has 1 aromatic rings. The maximum Gasteiger partial charge on any atom is 0.310 e. The zero-order valence-electron chi connectivity index (χ0n) is 13.3. The fourth-order valence-corrected chi connectivity index (χ4v) is 2.04. The van der Waals surface area contributed by atoms with Crippen molar-refractivity contribution in [2.45, 2.75) is 33.6 Å². The van der Waals surface area contributed by atoms with Crippen LogP contribution in [0.15, 0.2) is 30.3 Å². The third-order valence-electron chi connectivity index (χ3n) is 4.29. The van der Waals surface area contributed by atoms with Gasteiger partial charge in [0.05, 0.1) is 5.41 Å². The van der Waals surface area contributed by atoms with Crippen LogP contribution in [0.1, 0.15) is 32.8 Å². The molecule has 0 saturated carbocycles. The Balaban J connectivity index is 2.60. The lowest BCUT2D eigenvalue weighted by Crippen LogP contribution is -2.40. The number of rotatable bonds is 7. The molecule has 1 amide bonds. The first-order valence-electron chi connectivity index (χ1n) is 7.28. The molecular weight excluding hydrogens is 266 g/mol. The zero-order chi connectivity index (χ0) is 16.0. The molecule has 0 heterocycles. The summed E-state index contributed by atoms with van der Waals surface area (Å²) >= 11 is 0. The molecule has 0 radical (unpaired) electrons. The van der Waals surface area contributed by atoms with E-state index in [1.807, 2.05) is 44.2 Å². The van der Waals surface area contributed by atoms with Crippen molar-refractivity contribution in [1.82, 2.24) is 4.90 Å². The van der Waals surface area contributed by atoms with Gasteiger partial charge in [-0.15, -0.1) is 0 Å². The quantitative estimate of drug-likeness (QED) is 0.840. The topological polar surface area (TPSA) is 57.6 Å². The van der Waals surface area contributed by atoms with Crippen LogP contribution in [0.25, 0.3) is 0 Å². The first-order valence-corrected chi connectivity index (χ1v) is 7.28. The molecule has 21 heavy (non-hydrogen) atoms. The van der Waals surface area contributed by atoms with E-state index in [1.165, 1.54) is 5.56 Å². The summed E-state index contributed by atoms with van der Waals surface area (Å²) in [6, 6.07) is 9.94. The van der Waals surface area contributed by atoms with Gasteiger partial charge in [0.25, 0.3) is 0 Å². The molecule has 0 aromatic heterocycles. The van der Waals surface area contributed by atoms with E-state index in [-0.39, 0.29) is 18.2 Å². The highest BCUT2D eigenvalue weighted by atomic mass is 16.4. The molecule has 1 aromatic carbocycles. The van der Waals surface area contributed by atoms with Gasteiger partial charge in [-0.05, 0) is 24.8 Å². The highest BCUT2D eigenvalue weighted by molar-refractivity contribution is 5.84. The Bertz CT molecular complexity index is 484. The van der Waals surface area contributed by atoms with Gasteiger partial charge in [-0.2, -0.15) is 0 Å². The number of carbonyl (C=O) groups excluding carboxylic acids is 1. The Kier molecular flexibility index (Phi) is 5.94. The summed E-state index contributed by atoms with van der Waals surface area (Å²) in [5.74, 6) is -1.13. The maximum atomic E-state index is 12.3. The number of nitrogens with zero attached hydrogens (tertiary/aromatic N) is 1. The van der Waals surface area contributed by atoms with E-state index < -0.39 is 11.4 Å². The van der Waals surface area contributed by atoms with Gasteiger partial charge in [-0.25, -0.2) is 0 Å². The highest BCUT2D eigenvalue weighted by Gasteiger charge is 2.39. The van der Waals surface area contributed by atoms with Crippen molar-refractivity contribution in [3.8, 4) is 0 Å². The maximum absolute atomic E-state index is 12.3. The fraction of sp³-hybridized carbons (Fsp3) is 0.529. The third-order valence-corrected chi connectivity index (χ3v) is 4.29. The average Bonchev–Trinajstić information content (AvgIpc) is 2.45. The molecule has 116 valence electrons. The van der Waals surface area contributed by atoms with Crippen molar-refractivity contribution in [3.05, 3.63) is 35.9 Å². The minimum Gasteiger partial charge on any atom is -0.481 e. The lowest BCUT2D eigenvalue weighted by Gasteiger charge is -2.30. The summed E-state index contributed by atoms with van der Waals surface area (Å²) in [6.45, 7) is 5.91. The molecule has 1 unspecified atom stereocenters. The van der Waals surface area contributed by atoms with E-state index in [0.717, 1.165) is 6.42 Å². The van der Waals surface area contributed by atoms with Crippen LogP contribution in [0, 0.1) is 11.3 Å². The molecule has 0 aliphatic heterocycles. The zero-order valence-corrected chi connectivity index (χ0v) is 13.3. The normalized spacial score (nSPS) is 13.8. The minimum atomic E-state index is -1.02. The summed E-state index contributed by atoms with van der Waals surface area (Å²) in [6.07, 6.45) is 0.805. The fourth-order valence-electron chi connectivity index (χ4n) is 2.04. The van der Waals surface area contributed by atoms with Crippen LogP contribution in [0.5, 0.6) is 0 Å². The number of hydrogen-bond donors (Lipinski definition) is 1. The number of carboxylic acid groups (broad SMARTS) is 1. The lowest BCUT2D eigenvalue weighted by molar-refractivity contribution is -0.155. The minimum absolute atomic E-state index is 0.0330. The lowest BCUT2D eigenvalue weighted by atomic mass is 9.76. The van der Waals surface area contributed by atoms with Crippen molar-refractivity contribution < 1.29 is 14.7 Å². The van der Waals surface area contributed by atoms with E-state index in [1.54, 1.807) is 18.9 Å². The van der Waals surface area contributed by atoms with Crippen molar-refractivity contribution in [1.29, 1.82) is 0 Å². The smallest absolute Gasteiger partial charge is 0.310 e. The third kappa shape index (κ3) is 4.59. The van der Waals surface area contributed by atoms with Gasteiger partial charge in [-0.1, -0.05) is 44.2 Å². The van der Waals surface area contributed by atoms with E-state index in [4.69, 9.17) is 0 Å². The Labute approximate surface area is 126 Å². The Morgan fingerprint density at radius 3 is 2.29 bits per heavy atom. The van der Waals surface area contributed by atoms with E-state index in [0.29, 0.717) is 6.54 Å². The first kappa shape index (κ1) is 17.2. The van der Waals surface area contributed by atoms with Crippen LogP contribution in [-0.2, 0) is 16.0 Å². The SMILES string of the molecule is CC(C)C(C)(CC(=O)N(C)CCc1ccccc1)C(=O)O. The van der Waals surface area contributed by atoms with E-state index in [2.05, 4.69) is 0 Å². The molecule has 0 bridgehead atoms. The van der Waals surface area contributed by atoms with Crippen LogP contribution in [0.2, 0.25) is 0 Å². The van der Waals surface area contributed by atoms with Gasteiger partial charge in [-0.3, -0.25) is 9.59 Å². The van der Waals surface area contributed by atoms with Crippen LogP contribution in [0.3, 0.4) is 0 Å². The van der Waals surface area contributed by atoms with Gasteiger partial charge < -0.3 is 10.0 Å². The van der Waals surface area contributed by atoms with Gasteiger partial charge in [0.1, 0.15) is 0 Å². The molecule has 4 heteroatoms. The van der Waals surface area contributed by atoms with Crippen molar-refractivity contribution in [2.75, 3.05) is 13.6 Å². The second-order valence-corrected chi connectivity index (χ2v) is 6.10. The van der Waals surface area contributed by atoms with Crippen LogP contribution < -0.4 is 0 Å². The standard InChI is InChI=1S/C17H25NO3/c1-13(2)17(3,16(20)21)12-15(19)18(4)11-10-14-8-6-5-7-9-14/h5-9,13H,10-12H2,1-4H3,(H,20,21). The van der Waals surface area contributed by atoms with Crippen molar-refractivity contribution in [3.63, 3.8) is 0 Å². The Morgan fingerprint density at radius 1 is 1.24 bits per heavy atom. The largest absolute Gasteiger partial charge is 0.481 e. The molecule has 0 spiro atoms. The summed E-state index contributed by atoms with van der Waals surface area (Å²) in [5, 5.41) is 9.37. The molecule has 0 aliphatic rings. The second-order valence-electron chi connectivity index (χ2n) is 6.10. The van der Waals surface area contributed by atoms with Gasteiger partial charge in [0.2, 0.25) is 5.91 Å². The Morgan fingerprint density at radius 2 is 1.81 bits per heavy atom. The molecule has 0 saturated heterocycles. The van der Waals surface area contributed by atoms with Gasteiger partial charge >= 0.3 is 5.97 Å². The molecule has 0 aliphatic carbocycles. The van der Waals surface area contributed by atoms with E-state index in [9.17, 15) is 14.7 Å². The van der Waals surface area contributed by atoms with Crippen LogP contribution >= 0.6 is 0 Å². The summed E-state index contributed by atoms with van der Waals surface area (Å²) in [4.78, 5) is 25.3. The molecule has 4 nitrogen and oxygen atoms in total. The van der Waals surface area contributed by atoms with Gasteiger partial charge in [0.15, 0.2) is 0 Å². The number of likely N-dealkylation sites (N-methyl/N-ethyl adjacent to an activating group) is 1. The Hall–Kier alpha value is -1.84.